The van der Waals surface area contributed by atoms with Crippen molar-refractivity contribution < 1.29 is 14.3 Å². The lowest BCUT2D eigenvalue weighted by Crippen LogP contribution is -2.50. The zero-order chi connectivity index (χ0) is 13.9. The van der Waals surface area contributed by atoms with Crippen LogP contribution in [0.25, 0.3) is 0 Å². The second kappa shape index (κ2) is 5.71. The number of methoxy groups -OCH3 is 1. The molecule has 3 rings (SSSR count). The standard InChI is InChI=1S/C15H20N2O3/c1-19-12-8-4-6-11(12)17-15(18)14-9-16-10-5-2-3-7-13(10)20-14/h2-3,5,7,11-12,14,16H,4,6,8-9H2,1H3,(H,17,18). The van der Waals surface area contributed by atoms with Gasteiger partial charge in [-0.2, -0.15) is 0 Å². The molecule has 1 heterocycles. The van der Waals surface area contributed by atoms with Crippen LogP contribution in [-0.4, -0.2) is 37.8 Å². The smallest absolute Gasteiger partial charge is 0.263 e. The quantitative estimate of drug-likeness (QED) is 0.879. The van der Waals surface area contributed by atoms with Crippen molar-refractivity contribution in [2.45, 2.75) is 37.5 Å². The van der Waals surface area contributed by atoms with Crippen molar-refractivity contribution in [1.29, 1.82) is 0 Å². The van der Waals surface area contributed by atoms with Gasteiger partial charge in [-0.25, -0.2) is 0 Å². The lowest BCUT2D eigenvalue weighted by atomic mass is 10.1. The average Bonchev–Trinajstić information content (AvgIpc) is 2.94. The van der Waals surface area contributed by atoms with Gasteiger partial charge in [-0.15, -0.1) is 0 Å². The number of carbonyl (C=O) groups is 1. The normalized spacial score (nSPS) is 28.1. The Morgan fingerprint density at radius 3 is 3.10 bits per heavy atom. The van der Waals surface area contributed by atoms with Crippen LogP contribution in [0.1, 0.15) is 19.3 Å². The third-order valence-corrected chi connectivity index (χ3v) is 4.01. The number of amides is 1. The SMILES string of the molecule is COC1CCCC1NC(=O)C1CNc2ccccc2O1. The van der Waals surface area contributed by atoms with E-state index < -0.39 is 6.10 Å². The van der Waals surface area contributed by atoms with Gasteiger partial charge in [-0.1, -0.05) is 12.1 Å². The highest BCUT2D eigenvalue weighted by atomic mass is 16.5. The summed E-state index contributed by atoms with van der Waals surface area (Å²) >= 11 is 0. The van der Waals surface area contributed by atoms with E-state index >= 15 is 0 Å². The van der Waals surface area contributed by atoms with Gasteiger partial charge in [0.15, 0.2) is 6.10 Å². The molecule has 0 radical (unpaired) electrons. The van der Waals surface area contributed by atoms with Crippen LogP contribution in [-0.2, 0) is 9.53 Å². The van der Waals surface area contributed by atoms with Gasteiger partial charge in [0.1, 0.15) is 5.75 Å². The van der Waals surface area contributed by atoms with Crippen molar-refractivity contribution in [2.75, 3.05) is 19.0 Å². The summed E-state index contributed by atoms with van der Waals surface area (Å²) in [4.78, 5) is 12.3. The number of para-hydroxylation sites is 2. The summed E-state index contributed by atoms with van der Waals surface area (Å²) in [6.45, 7) is 0.493. The minimum absolute atomic E-state index is 0.0686. The van der Waals surface area contributed by atoms with Gasteiger partial charge >= 0.3 is 0 Å². The Kier molecular flexibility index (Phi) is 3.78. The lowest BCUT2D eigenvalue weighted by Gasteiger charge is -2.28. The molecule has 3 atom stereocenters. The lowest BCUT2D eigenvalue weighted by molar-refractivity contribution is -0.129. The first kappa shape index (κ1) is 13.2. The molecule has 1 saturated carbocycles. The molecule has 0 spiro atoms. The summed E-state index contributed by atoms with van der Waals surface area (Å²) < 4.78 is 11.2. The van der Waals surface area contributed by atoms with E-state index in [9.17, 15) is 4.79 Å². The topological polar surface area (TPSA) is 59.6 Å². The van der Waals surface area contributed by atoms with E-state index in [0.717, 1.165) is 30.7 Å². The highest BCUT2D eigenvalue weighted by Crippen LogP contribution is 2.28. The number of fused-ring (bicyclic) bond motifs is 1. The molecule has 5 heteroatoms. The number of anilines is 1. The average molecular weight is 276 g/mol. The van der Waals surface area contributed by atoms with E-state index in [-0.39, 0.29) is 18.1 Å². The molecule has 0 bridgehead atoms. The Labute approximate surface area is 118 Å². The minimum Gasteiger partial charge on any atom is -0.477 e. The van der Waals surface area contributed by atoms with Crippen molar-refractivity contribution in [2.24, 2.45) is 0 Å². The fourth-order valence-electron chi connectivity index (χ4n) is 2.91. The number of benzene rings is 1. The number of ether oxygens (including phenoxy) is 2. The minimum atomic E-state index is -0.483. The van der Waals surface area contributed by atoms with E-state index in [2.05, 4.69) is 10.6 Å². The summed E-state index contributed by atoms with van der Waals surface area (Å²) in [6.07, 6.45) is 2.72. The molecule has 1 amide bonds. The zero-order valence-electron chi connectivity index (χ0n) is 11.6. The second-order valence-electron chi connectivity index (χ2n) is 5.30. The van der Waals surface area contributed by atoms with Crippen LogP contribution in [0, 0.1) is 0 Å². The first-order valence-electron chi connectivity index (χ1n) is 7.10. The van der Waals surface area contributed by atoms with E-state index in [1.54, 1.807) is 7.11 Å². The van der Waals surface area contributed by atoms with Crippen LogP contribution in [0.3, 0.4) is 0 Å². The zero-order valence-corrected chi connectivity index (χ0v) is 11.6. The van der Waals surface area contributed by atoms with Crippen molar-refractivity contribution in [3.63, 3.8) is 0 Å². The predicted octanol–water partition coefficient (Wildman–Crippen LogP) is 1.54. The molecular formula is C15H20N2O3. The predicted molar refractivity (Wildman–Crippen MR) is 75.9 cm³/mol. The summed E-state index contributed by atoms with van der Waals surface area (Å²) in [5.41, 5.74) is 0.937. The Bertz CT molecular complexity index is 492. The van der Waals surface area contributed by atoms with Gasteiger partial charge in [-0.05, 0) is 31.4 Å². The van der Waals surface area contributed by atoms with E-state index in [4.69, 9.17) is 9.47 Å². The largest absolute Gasteiger partial charge is 0.477 e. The van der Waals surface area contributed by atoms with Gasteiger partial charge in [0.05, 0.1) is 24.4 Å². The molecule has 1 aliphatic heterocycles. The van der Waals surface area contributed by atoms with Gasteiger partial charge < -0.3 is 20.1 Å². The monoisotopic (exact) mass is 276 g/mol. The van der Waals surface area contributed by atoms with Crippen LogP contribution in [0.5, 0.6) is 5.75 Å². The molecule has 0 aromatic heterocycles. The molecule has 1 fully saturated rings. The molecule has 0 saturated heterocycles. The maximum absolute atomic E-state index is 12.3. The molecule has 1 aromatic carbocycles. The number of rotatable bonds is 3. The molecule has 2 aliphatic rings. The van der Waals surface area contributed by atoms with Crippen molar-refractivity contribution in [1.82, 2.24) is 5.32 Å². The molecule has 1 aromatic rings. The van der Waals surface area contributed by atoms with Crippen LogP contribution < -0.4 is 15.4 Å². The fourth-order valence-corrected chi connectivity index (χ4v) is 2.91. The second-order valence-corrected chi connectivity index (χ2v) is 5.30. The molecule has 2 N–H and O–H groups in total. The van der Waals surface area contributed by atoms with Gasteiger partial charge in [-0.3, -0.25) is 4.79 Å². The molecule has 3 unspecified atom stereocenters. The maximum Gasteiger partial charge on any atom is 0.263 e. The first-order chi connectivity index (χ1) is 9.78. The van der Waals surface area contributed by atoms with E-state index in [0.29, 0.717) is 6.54 Å². The van der Waals surface area contributed by atoms with Gasteiger partial charge in [0, 0.05) is 7.11 Å². The Morgan fingerprint density at radius 2 is 2.25 bits per heavy atom. The van der Waals surface area contributed by atoms with Crippen LogP contribution in [0.15, 0.2) is 24.3 Å². The Morgan fingerprint density at radius 1 is 1.40 bits per heavy atom. The Hall–Kier alpha value is -1.75. The van der Waals surface area contributed by atoms with Crippen molar-refractivity contribution >= 4 is 11.6 Å². The summed E-state index contributed by atoms with van der Waals surface area (Å²) in [7, 11) is 1.70. The van der Waals surface area contributed by atoms with Gasteiger partial charge in [0.2, 0.25) is 0 Å². The first-order valence-corrected chi connectivity index (χ1v) is 7.10. The highest BCUT2D eigenvalue weighted by Gasteiger charge is 2.32. The van der Waals surface area contributed by atoms with Crippen LogP contribution in [0.4, 0.5) is 5.69 Å². The van der Waals surface area contributed by atoms with Crippen molar-refractivity contribution in [3.8, 4) is 5.75 Å². The van der Waals surface area contributed by atoms with Crippen LogP contribution in [0.2, 0.25) is 0 Å². The molecular weight excluding hydrogens is 256 g/mol. The summed E-state index contributed by atoms with van der Waals surface area (Å²) in [6, 6.07) is 7.76. The van der Waals surface area contributed by atoms with Crippen molar-refractivity contribution in [3.05, 3.63) is 24.3 Å². The summed E-state index contributed by atoms with van der Waals surface area (Å²) in [5.74, 6) is 0.662. The third kappa shape index (κ3) is 2.58. The van der Waals surface area contributed by atoms with E-state index in [1.807, 2.05) is 24.3 Å². The van der Waals surface area contributed by atoms with Crippen LogP contribution >= 0.6 is 0 Å². The van der Waals surface area contributed by atoms with E-state index in [1.165, 1.54) is 0 Å². The third-order valence-electron chi connectivity index (χ3n) is 4.01. The molecule has 108 valence electrons. The maximum atomic E-state index is 12.3. The number of hydrogen-bond donors (Lipinski definition) is 2. The molecule has 1 aliphatic carbocycles. The number of hydrogen-bond acceptors (Lipinski definition) is 4. The Balaban J connectivity index is 1.61. The molecule has 5 nitrogen and oxygen atoms in total. The molecule has 20 heavy (non-hydrogen) atoms. The highest BCUT2D eigenvalue weighted by molar-refractivity contribution is 5.83. The fraction of sp³-hybridized carbons (Fsp3) is 0.533. The number of nitrogens with one attached hydrogen (secondary N) is 2. The summed E-state index contributed by atoms with van der Waals surface area (Å²) in [5, 5.41) is 6.28. The number of carbonyl (C=O) groups excluding carboxylic acids is 1. The van der Waals surface area contributed by atoms with Gasteiger partial charge in [0.25, 0.3) is 5.91 Å².